The van der Waals surface area contributed by atoms with Crippen LogP contribution >= 0.6 is 11.6 Å². The summed E-state index contributed by atoms with van der Waals surface area (Å²) in [5.74, 6) is -0.997. The second kappa shape index (κ2) is 15.0. The molecule has 4 aromatic rings. The zero-order chi connectivity index (χ0) is 38.4. The van der Waals surface area contributed by atoms with Gasteiger partial charge in [0.2, 0.25) is 11.8 Å². The van der Waals surface area contributed by atoms with E-state index in [9.17, 15) is 28.2 Å². The van der Waals surface area contributed by atoms with Crippen LogP contribution in [0.4, 0.5) is 19.0 Å². The standard InChI is InChI=1S/C40H43ClF3N5O5/c1-39(52)17-24(18-39)45-19-22-12-14-32(48-36(22)53-2)29-9-5-8-28(33(29)41)25-6-4-7-27-26(25)13-15-31(27)47-35-30(40(42,43)44)16-23(37(49-35)54-3)20-46-34(38(50)51)21-10-11-21/h4-9,12,14,16,21,24,31,34,45-46,52H,10-11,13,15,17-20H2,1-3H3,(H,47,49)(H,50,51)/t24-,31-,34?,39-/m0/s1. The summed E-state index contributed by atoms with van der Waals surface area (Å²) in [5.41, 5.74) is 4.21. The lowest BCUT2D eigenvalue weighted by molar-refractivity contribution is -0.140. The molecule has 10 nitrogen and oxygen atoms in total. The van der Waals surface area contributed by atoms with Crippen molar-refractivity contribution in [1.29, 1.82) is 0 Å². The fourth-order valence-electron chi connectivity index (χ4n) is 7.76. The number of carboxylic acid groups (broad SMARTS) is 1. The summed E-state index contributed by atoms with van der Waals surface area (Å²) in [4.78, 5) is 20.8. The number of aromatic nitrogens is 2. The van der Waals surface area contributed by atoms with Crippen molar-refractivity contribution in [2.75, 3.05) is 19.5 Å². The summed E-state index contributed by atoms with van der Waals surface area (Å²) in [5, 5.41) is 29.5. The van der Waals surface area contributed by atoms with Gasteiger partial charge in [-0.05, 0) is 80.2 Å². The van der Waals surface area contributed by atoms with E-state index in [1.807, 2.05) is 55.5 Å². The Bertz CT molecular complexity index is 2050. The first-order valence-corrected chi connectivity index (χ1v) is 18.4. The lowest BCUT2D eigenvalue weighted by atomic mass is 9.77. The molecule has 0 amide bonds. The SMILES string of the molecule is COc1nc(-c2cccc(-c3cccc4c3CC[C@@H]4Nc3nc(OC)c(CNC(C(=O)O)C4CC4)cc3C(F)(F)F)c2Cl)ccc1CN[C@H]1C[C@](C)(O)C1. The molecule has 5 N–H and O–H groups in total. The van der Waals surface area contributed by atoms with Crippen molar-refractivity contribution < 1.29 is 37.7 Å². The number of hydrogen-bond acceptors (Lipinski definition) is 9. The number of halogens is 4. The van der Waals surface area contributed by atoms with Gasteiger partial charge in [0.05, 0.1) is 42.1 Å². The Labute approximate surface area is 316 Å². The molecule has 0 bridgehead atoms. The fraction of sp³-hybridized carbons (Fsp3) is 0.425. The largest absolute Gasteiger partial charge is 0.481 e. The number of pyridine rings is 2. The first kappa shape index (κ1) is 37.9. The molecule has 2 aromatic heterocycles. The number of carbonyl (C=O) groups is 1. The van der Waals surface area contributed by atoms with E-state index < -0.39 is 35.4 Å². The highest BCUT2D eigenvalue weighted by Crippen LogP contribution is 2.45. The highest BCUT2D eigenvalue weighted by molar-refractivity contribution is 6.36. The number of rotatable bonds is 14. The summed E-state index contributed by atoms with van der Waals surface area (Å²) in [6.07, 6.45) is -0.747. The third-order valence-corrected chi connectivity index (χ3v) is 11.1. The van der Waals surface area contributed by atoms with Crippen LogP contribution in [0.25, 0.3) is 22.4 Å². The molecule has 0 saturated heterocycles. The van der Waals surface area contributed by atoms with E-state index in [1.54, 1.807) is 7.11 Å². The minimum Gasteiger partial charge on any atom is -0.481 e. The molecule has 2 heterocycles. The molecule has 1 unspecified atom stereocenters. The summed E-state index contributed by atoms with van der Waals surface area (Å²) >= 11 is 7.12. The number of benzene rings is 2. The monoisotopic (exact) mass is 765 g/mol. The van der Waals surface area contributed by atoms with Gasteiger partial charge in [-0.3, -0.25) is 10.1 Å². The maximum absolute atomic E-state index is 14.5. The van der Waals surface area contributed by atoms with E-state index in [0.717, 1.165) is 46.7 Å². The quantitative estimate of drug-likeness (QED) is 0.0875. The molecule has 2 atom stereocenters. The maximum Gasteiger partial charge on any atom is 0.419 e. The molecule has 7 rings (SSSR count). The zero-order valence-electron chi connectivity index (χ0n) is 30.2. The van der Waals surface area contributed by atoms with E-state index in [0.29, 0.717) is 54.4 Å². The molecule has 54 heavy (non-hydrogen) atoms. The van der Waals surface area contributed by atoms with Gasteiger partial charge in [-0.2, -0.15) is 18.2 Å². The summed E-state index contributed by atoms with van der Waals surface area (Å²) < 4.78 is 54.6. The van der Waals surface area contributed by atoms with E-state index in [1.165, 1.54) is 7.11 Å². The minimum atomic E-state index is -4.74. The van der Waals surface area contributed by atoms with Crippen LogP contribution in [0.5, 0.6) is 11.8 Å². The van der Waals surface area contributed by atoms with Crippen LogP contribution in [0.3, 0.4) is 0 Å². The number of ether oxygens (including phenoxy) is 2. The third-order valence-electron chi connectivity index (χ3n) is 10.7. The molecule has 286 valence electrons. The van der Waals surface area contributed by atoms with Crippen LogP contribution in [0.2, 0.25) is 5.02 Å². The first-order chi connectivity index (χ1) is 25.8. The van der Waals surface area contributed by atoms with Gasteiger partial charge >= 0.3 is 12.1 Å². The van der Waals surface area contributed by atoms with Gasteiger partial charge in [-0.25, -0.2) is 4.98 Å². The minimum absolute atomic E-state index is 0.0179. The van der Waals surface area contributed by atoms with Gasteiger partial charge in [0, 0.05) is 41.4 Å². The zero-order valence-corrected chi connectivity index (χ0v) is 30.9. The van der Waals surface area contributed by atoms with E-state index in [2.05, 4.69) is 20.9 Å². The van der Waals surface area contributed by atoms with Gasteiger partial charge in [0.15, 0.2) is 0 Å². The number of hydrogen-bond donors (Lipinski definition) is 5. The Hall–Kier alpha value is -4.43. The van der Waals surface area contributed by atoms with Crippen LogP contribution in [-0.2, 0) is 30.5 Å². The van der Waals surface area contributed by atoms with Crippen molar-refractivity contribution in [2.24, 2.45) is 5.92 Å². The summed E-state index contributed by atoms with van der Waals surface area (Å²) in [6.45, 7) is 2.23. The molecule has 3 aliphatic rings. The number of carboxylic acids is 1. The second-order valence-corrected chi connectivity index (χ2v) is 15.1. The van der Waals surface area contributed by atoms with Crippen molar-refractivity contribution in [3.63, 3.8) is 0 Å². The molecule has 0 radical (unpaired) electrons. The Kier molecular flexibility index (Phi) is 10.5. The molecule has 0 aliphatic heterocycles. The van der Waals surface area contributed by atoms with Crippen LogP contribution in [0, 0.1) is 5.92 Å². The number of alkyl halides is 3. The summed E-state index contributed by atoms with van der Waals surface area (Å²) in [7, 11) is 2.90. The highest BCUT2D eigenvalue weighted by Gasteiger charge is 2.40. The lowest BCUT2D eigenvalue weighted by Gasteiger charge is -2.41. The fourth-order valence-corrected chi connectivity index (χ4v) is 8.09. The second-order valence-electron chi connectivity index (χ2n) is 14.7. The van der Waals surface area contributed by atoms with Crippen LogP contribution in [-0.4, -0.2) is 58.1 Å². The Morgan fingerprint density at radius 2 is 1.65 bits per heavy atom. The molecule has 14 heteroatoms. The normalized spacial score (nSPS) is 21.3. The van der Waals surface area contributed by atoms with E-state index >= 15 is 0 Å². The number of fused-ring (bicyclic) bond motifs is 1. The number of methoxy groups -OCH3 is 2. The topological polar surface area (TPSA) is 138 Å². The Morgan fingerprint density at radius 1 is 0.963 bits per heavy atom. The van der Waals surface area contributed by atoms with Crippen molar-refractivity contribution in [3.8, 4) is 34.1 Å². The van der Waals surface area contributed by atoms with Crippen molar-refractivity contribution in [1.82, 2.24) is 20.6 Å². The average Bonchev–Trinajstić information content (AvgIpc) is 3.88. The van der Waals surface area contributed by atoms with Crippen LogP contribution in [0.15, 0.2) is 54.6 Å². The predicted molar refractivity (Wildman–Crippen MR) is 199 cm³/mol. The molecule has 2 aromatic carbocycles. The number of aliphatic carboxylic acids is 1. The molecular formula is C40H43ClF3N5O5. The van der Waals surface area contributed by atoms with Crippen molar-refractivity contribution >= 4 is 23.4 Å². The molecular weight excluding hydrogens is 723 g/mol. The van der Waals surface area contributed by atoms with Gasteiger partial charge in [0.1, 0.15) is 11.9 Å². The van der Waals surface area contributed by atoms with Crippen LogP contribution in [0.1, 0.15) is 72.9 Å². The predicted octanol–water partition coefficient (Wildman–Crippen LogP) is 7.56. The van der Waals surface area contributed by atoms with E-state index in [4.69, 9.17) is 26.1 Å². The maximum atomic E-state index is 14.5. The molecule has 0 spiro atoms. The first-order valence-electron chi connectivity index (χ1n) is 18.0. The summed E-state index contributed by atoms with van der Waals surface area (Å²) in [6, 6.07) is 15.2. The number of anilines is 1. The van der Waals surface area contributed by atoms with Crippen molar-refractivity contribution in [3.05, 3.63) is 87.4 Å². The van der Waals surface area contributed by atoms with Crippen LogP contribution < -0.4 is 25.4 Å². The Morgan fingerprint density at radius 3 is 2.31 bits per heavy atom. The lowest BCUT2D eigenvalue weighted by Crippen LogP contribution is -2.51. The van der Waals surface area contributed by atoms with Gasteiger partial charge < -0.3 is 30.3 Å². The Balaban J connectivity index is 1.13. The van der Waals surface area contributed by atoms with Gasteiger partial charge in [-0.15, -0.1) is 0 Å². The number of aliphatic hydroxyl groups is 1. The highest BCUT2D eigenvalue weighted by atomic mass is 35.5. The third kappa shape index (κ3) is 7.86. The average molecular weight is 766 g/mol. The molecule has 2 fully saturated rings. The molecule has 2 saturated carbocycles. The number of nitrogens with one attached hydrogen (secondary N) is 3. The molecule has 3 aliphatic carbocycles. The van der Waals surface area contributed by atoms with E-state index in [-0.39, 0.29) is 35.8 Å². The number of nitrogens with zero attached hydrogens (tertiary/aromatic N) is 2. The van der Waals surface area contributed by atoms with Gasteiger partial charge in [0.25, 0.3) is 0 Å². The van der Waals surface area contributed by atoms with Gasteiger partial charge in [-0.1, -0.05) is 54.1 Å². The van der Waals surface area contributed by atoms with Crippen molar-refractivity contribution in [2.45, 2.75) is 88.4 Å². The smallest absolute Gasteiger partial charge is 0.419 e.